The Kier molecular flexibility index (Phi) is 4.25. The van der Waals surface area contributed by atoms with Crippen LogP contribution in [0.2, 0.25) is 5.02 Å². The highest BCUT2D eigenvalue weighted by atomic mass is 35.5. The molecule has 2 heterocycles. The van der Waals surface area contributed by atoms with Crippen molar-refractivity contribution in [3.05, 3.63) is 35.4 Å². The molecule has 5 heteroatoms. The maximum absolute atomic E-state index is 5.97. The van der Waals surface area contributed by atoms with Gasteiger partial charge in [0, 0.05) is 29.7 Å². The molecule has 0 radical (unpaired) electrons. The summed E-state index contributed by atoms with van der Waals surface area (Å²) in [5, 5.41) is 0.716. The fraction of sp³-hybridized carbons (Fsp3) is 0.375. The lowest BCUT2D eigenvalue weighted by atomic mass is 10.1. The molecule has 2 aromatic rings. The number of rotatable bonds is 2. The SMILES string of the molecule is Nc1cc(-c2ccc(Cl)cc2)nc(N2CCCCCC2)n1. The lowest BCUT2D eigenvalue weighted by molar-refractivity contribution is 0.726. The molecule has 4 nitrogen and oxygen atoms in total. The first-order valence-corrected chi connectivity index (χ1v) is 7.75. The van der Waals surface area contributed by atoms with E-state index in [2.05, 4.69) is 9.88 Å². The second kappa shape index (κ2) is 6.31. The topological polar surface area (TPSA) is 55.0 Å². The third kappa shape index (κ3) is 3.45. The van der Waals surface area contributed by atoms with Crippen LogP contribution >= 0.6 is 11.6 Å². The van der Waals surface area contributed by atoms with Gasteiger partial charge in [-0.05, 0) is 25.0 Å². The Labute approximate surface area is 130 Å². The molecule has 1 fully saturated rings. The molecule has 1 saturated heterocycles. The van der Waals surface area contributed by atoms with Gasteiger partial charge in [0.25, 0.3) is 0 Å². The number of hydrogen-bond donors (Lipinski definition) is 1. The summed E-state index contributed by atoms with van der Waals surface area (Å²) in [6.07, 6.45) is 4.94. The molecular formula is C16H19ClN4. The van der Waals surface area contributed by atoms with Crippen LogP contribution in [0.5, 0.6) is 0 Å². The van der Waals surface area contributed by atoms with Crippen LogP contribution in [-0.2, 0) is 0 Å². The van der Waals surface area contributed by atoms with E-state index in [-0.39, 0.29) is 0 Å². The van der Waals surface area contributed by atoms with Crippen molar-refractivity contribution in [2.24, 2.45) is 0 Å². The van der Waals surface area contributed by atoms with E-state index in [0.717, 1.165) is 30.3 Å². The summed E-state index contributed by atoms with van der Waals surface area (Å²) in [6, 6.07) is 9.44. The first-order chi connectivity index (χ1) is 10.2. The summed E-state index contributed by atoms with van der Waals surface area (Å²) in [5.41, 5.74) is 7.82. The van der Waals surface area contributed by atoms with Gasteiger partial charge in [0.1, 0.15) is 5.82 Å². The number of halogens is 1. The summed E-state index contributed by atoms with van der Waals surface area (Å²) >= 11 is 5.94. The highest BCUT2D eigenvalue weighted by Crippen LogP contribution is 2.24. The normalized spacial score (nSPS) is 15.8. The second-order valence-electron chi connectivity index (χ2n) is 5.39. The molecule has 1 aliphatic rings. The number of nitrogen functional groups attached to an aromatic ring is 1. The number of hydrogen-bond acceptors (Lipinski definition) is 4. The van der Waals surface area contributed by atoms with Crippen molar-refractivity contribution in [3.8, 4) is 11.3 Å². The maximum atomic E-state index is 5.97. The standard InChI is InChI=1S/C16H19ClN4/c17-13-7-5-12(6-8-13)14-11-15(18)20-16(19-14)21-9-3-1-2-4-10-21/h5-8,11H,1-4,9-10H2,(H2,18,19,20). The first kappa shape index (κ1) is 14.1. The van der Waals surface area contributed by atoms with Gasteiger partial charge < -0.3 is 10.6 Å². The Bertz CT molecular complexity index is 604. The summed E-state index contributed by atoms with van der Waals surface area (Å²) in [6.45, 7) is 2.01. The van der Waals surface area contributed by atoms with E-state index in [9.17, 15) is 0 Å². The maximum Gasteiger partial charge on any atom is 0.227 e. The minimum absolute atomic E-state index is 0.509. The van der Waals surface area contributed by atoms with E-state index in [1.54, 1.807) is 0 Å². The molecule has 0 aliphatic carbocycles. The number of nitrogens with two attached hydrogens (primary N) is 1. The summed E-state index contributed by atoms with van der Waals surface area (Å²) in [7, 11) is 0. The molecule has 0 amide bonds. The lowest BCUT2D eigenvalue weighted by Gasteiger charge is -2.21. The van der Waals surface area contributed by atoms with Crippen LogP contribution in [0.15, 0.2) is 30.3 Å². The lowest BCUT2D eigenvalue weighted by Crippen LogP contribution is -2.26. The molecule has 0 spiro atoms. The van der Waals surface area contributed by atoms with E-state index in [4.69, 9.17) is 22.3 Å². The van der Waals surface area contributed by atoms with Gasteiger partial charge in [0.05, 0.1) is 5.69 Å². The van der Waals surface area contributed by atoms with Crippen molar-refractivity contribution in [2.75, 3.05) is 23.7 Å². The number of anilines is 2. The third-order valence-electron chi connectivity index (χ3n) is 3.76. The van der Waals surface area contributed by atoms with E-state index in [1.807, 2.05) is 30.3 Å². The van der Waals surface area contributed by atoms with Crippen molar-refractivity contribution < 1.29 is 0 Å². The van der Waals surface area contributed by atoms with Crippen LogP contribution in [0.25, 0.3) is 11.3 Å². The zero-order valence-electron chi connectivity index (χ0n) is 11.9. The highest BCUT2D eigenvalue weighted by Gasteiger charge is 2.14. The fourth-order valence-electron chi connectivity index (χ4n) is 2.63. The van der Waals surface area contributed by atoms with Crippen LogP contribution in [0.3, 0.4) is 0 Å². The second-order valence-corrected chi connectivity index (χ2v) is 5.82. The predicted molar refractivity (Wildman–Crippen MR) is 87.6 cm³/mol. The Morgan fingerprint density at radius 1 is 0.952 bits per heavy atom. The van der Waals surface area contributed by atoms with Crippen LogP contribution < -0.4 is 10.6 Å². The van der Waals surface area contributed by atoms with Crippen molar-refractivity contribution in [2.45, 2.75) is 25.7 Å². The Balaban J connectivity index is 1.93. The minimum atomic E-state index is 0.509. The average molecular weight is 303 g/mol. The summed E-state index contributed by atoms with van der Waals surface area (Å²) in [4.78, 5) is 11.3. The Morgan fingerprint density at radius 2 is 1.62 bits per heavy atom. The van der Waals surface area contributed by atoms with Gasteiger partial charge in [0.2, 0.25) is 5.95 Å². The molecule has 2 N–H and O–H groups in total. The van der Waals surface area contributed by atoms with Crippen LogP contribution in [0, 0.1) is 0 Å². The summed E-state index contributed by atoms with van der Waals surface area (Å²) in [5.74, 6) is 1.25. The molecule has 0 saturated carbocycles. The molecular weight excluding hydrogens is 284 g/mol. The fourth-order valence-corrected chi connectivity index (χ4v) is 2.76. The molecule has 0 atom stereocenters. The van der Waals surface area contributed by atoms with Gasteiger partial charge in [-0.15, -0.1) is 0 Å². The third-order valence-corrected chi connectivity index (χ3v) is 4.02. The largest absolute Gasteiger partial charge is 0.384 e. The number of benzene rings is 1. The van der Waals surface area contributed by atoms with Crippen molar-refractivity contribution >= 4 is 23.4 Å². The van der Waals surface area contributed by atoms with E-state index in [1.165, 1.54) is 25.7 Å². The van der Waals surface area contributed by atoms with E-state index in [0.29, 0.717) is 10.8 Å². The zero-order chi connectivity index (χ0) is 14.7. The van der Waals surface area contributed by atoms with Crippen LogP contribution in [0.1, 0.15) is 25.7 Å². The monoisotopic (exact) mass is 302 g/mol. The molecule has 1 aromatic heterocycles. The number of nitrogens with zero attached hydrogens (tertiary/aromatic N) is 3. The Morgan fingerprint density at radius 3 is 2.29 bits per heavy atom. The minimum Gasteiger partial charge on any atom is -0.384 e. The van der Waals surface area contributed by atoms with Crippen molar-refractivity contribution in [1.82, 2.24) is 9.97 Å². The van der Waals surface area contributed by atoms with Gasteiger partial charge in [0.15, 0.2) is 0 Å². The van der Waals surface area contributed by atoms with Gasteiger partial charge in [-0.2, -0.15) is 4.98 Å². The quantitative estimate of drug-likeness (QED) is 0.917. The van der Waals surface area contributed by atoms with Gasteiger partial charge in [-0.3, -0.25) is 0 Å². The van der Waals surface area contributed by atoms with E-state index < -0.39 is 0 Å². The molecule has 0 bridgehead atoms. The predicted octanol–water partition coefficient (Wildman–Crippen LogP) is 3.76. The van der Waals surface area contributed by atoms with Crippen LogP contribution in [0.4, 0.5) is 11.8 Å². The molecule has 1 aromatic carbocycles. The van der Waals surface area contributed by atoms with Gasteiger partial charge in [-0.1, -0.05) is 36.6 Å². The first-order valence-electron chi connectivity index (χ1n) is 7.38. The average Bonchev–Trinajstić information content (AvgIpc) is 2.76. The van der Waals surface area contributed by atoms with Gasteiger partial charge >= 0.3 is 0 Å². The molecule has 21 heavy (non-hydrogen) atoms. The van der Waals surface area contributed by atoms with Crippen molar-refractivity contribution in [1.29, 1.82) is 0 Å². The van der Waals surface area contributed by atoms with E-state index >= 15 is 0 Å². The van der Waals surface area contributed by atoms with Crippen LogP contribution in [-0.4, -0.2) is 23.1 Å². The zero-order valence-corrected chi connectivity index (χ0v) is 12.7. The summed E-state index contributed by atoms with van der Waals surface area (Å²) < 4.78 is 0. The Hall–Kier alpha value is -1.81. The highest BCUT2D eigenvalue weighted by molar-refractivity contribution is 6.30. The smallest absolute Gasteiger partial charge is 0.227 e. The molecule has 110 valence electrons. The molecule has 3 rings (SSSR count). The van der Waals surface area contributed by atoms with Crippen molar-refractivity contribution in [3.63, 3.8) is 0 Å². The molecule has 0 unspecified atom stereocenters. The van der Waals surface area contributed by atoms with Gasteiger partial charge in [-0.25, -0.2) is 4.98 Å². The number of aromatic nitrogens is 2. The molecule has 1 aliphatic heterocycles.